The van der Waals surface area contributed by atoms with E-state index in [1.54, 1.807) is 0 Å². The van der Waals surface area contributed by atoms with Crippen LogP contribution in [-0.2, 0) is 0 Å². The van der Waals surface area contributed by atoms with Gasteiger partial charge in [0.15, 0.2) is 0 Å². The molecule has 1 atom stereocenters. The molecule has 1 saturated carbocycles. The van der Waals surface area contributed by atoms with E-state index in [4.69, 9.17) is 0 Å². The summed E-state index contributed by atoms with van der Waals surface area (Å²) in [6.45, 7) is 2.42. The van der Waals surface area contributed by atoms with E-state index in [9.17, 15) is 9.90 Å². The summed E-state index contributed by atoms with van der Waals surface area (Å²) < 4.78 is 0. The van der Waals surface area contributed by atoms with E-state index in [-0.39, 0.29) is 18.6 Å². The van der Waals surface area contributed by atoms with E-state index >= 15 is 0 Å². The highest BCUT2D eigenvalue weighted by molar-refractivity contribution is 5.94. The highest BCUT2D eigenvalue weighted by atomic mass is 16.3. The van der Waals surface area contributed by atoms with E-state index in [1.165, 1.54) is 12.8 Å². The minimum atomic E-state index is 0.0782. The molecule has 0 spiro atoms. The summed E-state index contributed by atoms with van der Waals surface area (Å²) in [7, 11) is 0. The van der Waals surface area contributed by atoms with Crippen molar-refractivity contribution in [1.82, 2.24) is 9.80 Å². The Hall–Kier alpha value is -1.39. The Labute approximate surface area is 113 Å². The number of aliphatic hydroxyl groups is 1. The lowest BCUT2D eigenvalue weighted by Crippen LogP contribution is -2.56. The lowest BCUT2D eigenvalue weighted by atomic mass is 10.1. The molecular weight excluding hydrogens is 240 g/mol. The highest BCUT2D eigenvalue weighted by Gasteiger charge is 2.38. The molecule has 2 aliphatic rings. The van der Waals surface area contributed by atoms with Crippen molar-refractivity contribution in [3.63, 3.8) is 0 Å². The van der Waals surface area contributed by atoms with Gasteiger partial charge in [-0.1, -0.05) is 18.2 Å². The molecule has 102 valence electrons. The van der Waals surface area contributed by atoms with Gasteiger partial charge < -0.3 is 10.0 Å². The zero-order valence-corrected chi connectivity index (χ0v) is 11.0. The molecule has 1 N–H and O–H groups in total. The molecule has 1 heterocycles. The minimum absolute atomic E-state index is 0.0782. The fourth-order valence-corrected chi connectivity index (χ4v) is 2.87. The van der Waals surface area contributed by atoms with Crippen LogP contribution in [-0.4, -0.2) is 59.1 Å². The molecule has 1 aliphatic heterocycles. The van der Waals surface area contributed by atoms with Gasteiger partial charge in [-0.25, -0.2) is 0 Å². The van der Waals surface area contributed by atoms with Gasteiger partial charge in [0.1, 0.15) is 0 Å². The van der Waals surface area contributed by atoms with Crippen LogP contribution in [0.2, 0.25) is 0 Å². The van der Waals surface area contributed by atoms with E-state index in [1.807, 2.05) is 35.2 Å². The van der Waals surface area contributed by atoms with Crippen molar-refractivity contribution in [2.24, 2.45) is 0 Å². The lowest BCUT2D eigenvalue weighted by molar-refractivity contribution is 0.0289. The monoisotopic (exact) mass is 260 g/mol. The number of benzene rings is 1. The highest BCUT2D eigenvalue weighted by Crippen LogP contribution is 2.30. The zero-order valence-electron chi connectivity index (χ0n) is 11.0. The number of carbonyl (C=O) groups excluding carboxylic acids is 1. The van der Waals surface area contributed by atoms with Gasteiger partial charge in [0.2, 0.25) is 0 Å². The maximum absolute atomic E-state index is 12.4. The van der Waals surface area contributed by atoms with Gasteiger partial charge >= 0.3 is 0 Å². The van der Waals surface area contributed by atoms with Crippen LogP contribution in [0.4, 0.5) is 0 Å². The fraction of sp³-hybridized carbons (Fsp3) is 0.533. The third-order valence-corrected chi connectivity index (χ3v) is 4.06. The maximum Gasteiger partial charge on any atom is 0.253 e. The van der Waals surface area contributed by atoms with Crippen molar-refractivity contribution in [2.75, 3.05) is 26.2 Å². The summed E-state index contributed by atoms with van der Waals surface area (Å²) in [5.41, 5.74) is 0.735. The molecule has 4 nitrogen and oxygen atoms in total. The summed E-state index contributed by atoms with van der Waals surface area (Å²) >= 11 is 0. The number of hydrogen-bond donors (Lipinski definition) is 1. The van der Waals surface area contributed by atoms with Crippen molar-refractivity contribution in [3.8, 4) is 0 Å². The van der Waals surface area contributed by atoms with Crippen LogP contribution in [0.25, 0.3) is 0 Å². The first kappa shape index (κ1) is 12.6. The first-order valence-electron chi connectivity index (χ1n) is 7.00. The number of nitrogens with zero attached hydrogens (tertiary/aromatic N) is 2. The van der Waals surface area contributed by atoms with Crippen molar-refractivity contribution < 1.29 is 9.90 Å². The zero-order chi connectivity index (χ0) is 13.2. The molecule has 4 heteroatoms. The molecule has 1 aliphatic carbocycles. The molecule has 1 amide bonds. The van der Waals surface area contributed by atoms with E-state index in [0.29, 0.717) is 12.6 Å². The molecule has 1 aromatic rings. The van der Waals surface area contributed by atoms with Gasteiger partial charge in [-0.2, -0.15) is 0 Å². The largest absolute Gasteiger partial charge is 0.395 e. The number of amides is 1. The third-order valence-electron chi connectivity index (χ3n) is 4.06. The maximum atomic E-state index is 12.4. The SMILES string of the molecule is O=C(c1ccccc1)N1CCN(C2CC2)C(CO)C1. The summed E-state index contributed by atoms with van der Waals surface area (Å²) in [4.78, 5) is 16.6. The Bertz CT molecular complexity index is 445. The third kappa shape index (κ3) is 2.65. The van der Waals surface area contributed by atoms with Gasteiger partial charge in [0, 0.05) is 31.2 Å². The van der Waals surface area contributed by atoms with Crippen molar-refractivity contribution >= 4 is 5.91 Å². The minimum Gasteiger partial charge on any atom is -0.395 e. The molecule has 3 rings (SSSR count). The van der Waals surface area contributed by atoms with Gasteiger partial charge in [0.25, 0.3) is 5.91 Å². The number of piperazine rings is 1. The Morgan fingerprint density at radius 1 is 1.21 bits per heavy atom. The molecule has 0 bridgehead atoms. The normalized spacial score (nSPS) is 24.5. The molecule has 0 radical (unpaired) electrons. The Morgan fingerprint density at radius 2 is 1.95 bits per heavy atom. The quantitative estimate of drug-likeness (QED) is 0.880. The first-order chi connectivity index (χ1) is 9.29. The predicted molar refractivity (Wildman–Crippen MR) is 72.9 cm³/mol. The average molecular weight is 260 g/mol. The second kappa shape index (κ2) is 5.31. The van der Waals surface area contributed by atoms with Crippen LogP contribution in [0, 0.1) is 0 Å². The predicted octanol–water partition coefficient (Wildman–Crippen LogP) is 0.968. The molecule has 0 aromatic heterocycles. The number of carbonyl (C=O) groups is 1. The molecule has 1 saturated heterocycles. The molecule has 2 fully saturated rings. The number of rotatable bonds is 3. The Balaban J connectivity index is 1.68. The standard InChI is InChI=1S/C15H20N2O2/c18-11-14-10-16(8-9-17(14)13-6-7-13)15(19)12-4-2-1-3-5-12/h1-5,13-14,18H,6-11H2. The van der Waals surface area contributed by atoms with Gasteiger partial charge in [-0.15, -0.1) is 0 Å². The first-order valence-corrected chi connectivity index (χ1v) is 7.00. The summed E-state index contributed by atoms with van der Waals surface area (Å²) in [6, 6.07) is 10.1. The van der Waals surface area contributed by atoms with Gasteiger partial charge in [-0.3, -0.25) is 9.69 Å². The van der Waals surface area contributed by atoms with Crippen molar-refractivity contribution in [3.05, 3.63) is 35.9 Å². The summed E-state index contributed by atoms with van der Waals surface area (Å²) in [5.74, 6) is 0.0782. The summed E-state index contributed by atoms with van der Waals surface area (Å²) in [5, 5.41) is 9.53. The fourth-order valence-electron chi connectivity index (χ4n) is 2.87. The second-order valence-electron chi connectivity index (χ2n) is 5.42. The average Bonchev–Trinajstić information content (AvgIpc) is 3.31. The van der Waals surface area contributed by atoms with Crippen LogP contribution in [0.15, 0.2) is 30.3 Å². The Morgan fingerprint density at radius 3 is 2.58 bits per heavy atom. The van der Waals surface area contributed by atoms with Crippen LogP contribution in [0.5, 0.6) is 0 Å². The molecule has 19 heavy (non-hydrogen) atoms. The molecular formula is C15H20N2O2. The van der Waals surface area contributed by atoms with Crippen molar-refractivity contribution in [1.29, 1.82) is 0 Å². The van der Waals surface area contributed by atoms with Crippen LogP contribution in [0.3, 0.4) is 0 Å². The summed E-state index contributed by atoms with van der Waals surface area (Å²) in [6.07, 6.45) is 2.48. The van der Waals surface area contributed by atoms with E-state index < -0.39 is 0 Å². The van der Waals surface area contributed by atoms with Crippen molar-refractivity contribution in [2.45, 2.75) is 24.9 Å². The molecule has 1 aromatic carbocycles. The number of hydrogen-bond acceptors (Lipinski definition) is 3. The topological polar surface area (TPSA) is 43.8 Å². The van der Waals surface area contributed by atoms with E-state index in [0.717, 1.165) is 18.7 Å². The lowest BCUT2D eigenvalue weighted by Gasteiger charge is -2.41. The van der Waals surface area contributed by atoms with Gasteiger partial charge in [0.05, 0.1) is 12.6 Å². The Kier molecular flexibility index (Phi) is 3.53. The number of aliphatic hydroxyl groups excluding tert-OH is 1. The van der Waals surface area contributed by atoms with Crippen LogP contribution >= 0.6 is 0 Å². The van der Waals surface area contributed by atoms with E-state index in [2.05, 4.69) is 4.90 Å². The van der Waals surface area contributed by atoms with Crippen LogP contribution in [0.1, 0.15) is 23.2 Å². The van der Waals surface area contributed by atoms with Crippen LogP contribution < -0.4 is 0 Å². The smallest absolute Gasteiger partial charge is 0.253 e. The second-order valence-corrected chi connectivity index (χ2v) is 5.42. The molecule has 1 unspecified atom stereocenters. The van der Waals surface area contributed by atoms with Gasteiger partial charge in [-0.05, 0) is 25.0 Å².